The van der Waals surface area contributed by atoms with Crippen LogP contribution < -0.4 is 0 Å². The molecule has 4 rings (SSSR count). The summed E-state index contributed by atoms with van der Waals surface area (Å²) in [7, 11) is 0. The molecule has 2 saturated heterocycles. The lowest BCUT2D eigenvalue weighted by atomic mass is 9.88. The molecule has 0 aromatic carbocycles. The van der Waals surface area contributed by atoms with E-state index in [1.165, 1.54) is 25.9 Å². The molecular formula is C18H28N2O. The van der Waals surface area contributed by atoms with Crippen LogP contribution >= 0.6 is 0 Å². The van der Waals surface area contributed by atoms with Gasteiger partial charge in [-0.2, -0.15) is 0 Å². The first kappa shape index (κ1) is 14.0. The Morgan fingerprint density at radius 1 is 1.29 bits per heavy atom. The average Bonchev–Trinajstić information content (AvgIpc) is 3.10. The molecular weight excluding hydrogens is 260 g/mol. The number of hydrogen-bond donors (Lipinski definition) is 0. The molecule has 0 aromatic rings. The van der Waals surface area contributed by atoms with E-state index in [1.54, 1.807) is 5.57 Å². The smallest absolute Gasteiger partial charge is 0.0594 e. The predicted octanol–water partition coefficient (Wildman–Crippen LogP) is 2.30. The van der Waals surface area contributed by atoms with Gasteiger partial charge >= 0.3 is 0 Å². The first-order valence-corrected chi connectivity index (χ1v) is 8.64. The van der Waals surface area contributed by atoms with Gasteiger partial charge in [0.05, 0.1) is 13.2 Å². The third kappa shape index (κ3) is 2.39. The zero-order chi connectivity index (χ0) is 14.4. The highest BCUT2D eigenvalue weighted by atomic mass is 16.5. The molecule has 116 valence electrons. The van der Waals surface area contributed by atoms with E-state index in [-0.39, 0.29) is 0 Å². The molecule has 0 N–H and O–H groups in total. The first-order valence-electron chi connectivity index (χ1n) is 8.64. The summed E-state index contributed by atoms with van der Waals surface area (Å²) in [4.78, 5) is 5.24. The first-order chi connectivity index (χ1) is 10.2. The van der Waals surface area contributed by atoms with Crippen molar-refractivity contribution in [2.75, 3.05) is 39.4 Å². The fraction of sp³-hybridized carbons (Fsp3) is 0.778. The number of hydrogen-bond acceptors (Lipinski definition) is 3. The molecule has 0 spiro atoms. The molecule has 3 heteroatoms. The van der Waals surface area contributed by atoms with Crippen molar-refractivity contribution in [2.24, 2.45) is 11.3 Å². The van der Waals surface area contributed by atoms with Crippen LogP contribution in [0.4, 0.5) is 0 Å². The minimum absolute atomic E-state index is 0.525. The van der Waals surface area contributed by atoms with Gasteiger partial charge in [0.2, 0.25) is 0 Å². The zero-order valence-electron chi connectivity index (χ0n) is 13.4. The fourth-order valence-electron chi connectivity index (χ4n) is 4.52. The minimum Gasteiger partial charge on any atom is -0.379 e. The normalized spacial score (nSPS) is 40.4. The van der Waals surface area contributed by atoms with Crippen LogP contribution in [0.25, 0.3) is 0 Å². The van der Waals surface area contributed by atoms with Crippen molar-refractivity contribution in [3.05, 3.63) is 23.8 Å². The summed E-state index contributed by atoms with van der Waals surface area (Å²) in [6, 6.07) is 1.30. The number of ether oxygens (including phenoxy) is 1. The lowest BCUT2D eigenvalue weighted by molar-refractivity contribution is 0.0258. The molecule has 4 aliphatic rings. The summed E-state index contributed by atoms with van der Waals surface area (Å²) in [6.07, 6.45) is 10.1. The maximum atomic E-state index is 5.46. The molecule has 2 aliphatic carbocycles. The summed E-state index contributed by atoms with van der Waals surface area (Å²) in [5, 5.41) is 0. The van der Waals surface area contributed by atoms with Crippen LogP contribution in [-0.2, 0) is 4.74 Å². The fourth-order valence-corrected chi connectivity index (χ4v) is 4.52. The van der Waals surface area contributed by atoms with E-state index in [2.05, 4.69) is 41.9 Å². The Morgan fingerprint density at radius 3 is 2.71 bits per heavy atom. The number of fused-ring (bicyclic) bond motifs is 1. The zero-order valence-corrected chi connectivity index (χ0v) is 13.4. The molecule has 2 heterocycles. The van der Waals surface area contributed by atoms with Gasteiger partial charge in [0, 0.05) is 43.7 Å². The van der Waals surface area contributed by atoms with E-state index < -0.39 is 0 Å². The average molecular weight is 288 g/mol. The highest BCUT2D eigenvalue weighted by Crippen LogP contribution is 2.63. The van der Waals surface area contributed by atoms with Gasteiger partial charge < -0.3 is 4.74 Å². The predicted molar refractivity (Wildman–Crippen MR) is 85.3 cm³/mol. The molecule has 3 unspecified atom stereocenters. The molecule has 1 saturated carbocycles. The molecule has 0 radical (unpaired) electrons. The Hall–Kier alpha value is -0.640. The molecule has 3 atom stereocenters. The minimum atomic E-state index is 0.525. The van der Waals surface area contributed by atoms with Gasteiger partial charge in [-0.3, -0.25) is 9.80 Å². The molecule has 3 nitrogen and oxygen atoms in total. The summed E-state index contributed by atoms with van der Waals surface area (Å²) >= 11 is 0. The third-order valence-electron chi connectivity index (χ3n) is 6.07. The van der Waals surface area contributed by atoms with Crippen molar-refractivity contribution in [3.8, 4) is 0 Å². The van der Waals surface area contributed by atoms with Crippen LogP contribution in [0, 0.1) is 11.3 Å². The van der Waals surface area contributed by atoms with Crippen molar-refractivity contribution in [1.29, 1.82) is 0 Å². The van der Waals surface area contributed by atoms with Crippen molar-refractivity contribution in [2.45, 2.75) is 38.8 Å². The van der Waals surface area contributed by atoms with Crippen LogP contribution in [0.2, 0.25) is 0 Å². The third-order valence-corrected chi connectivity index (χ3v) is 6.07. The van der Waals surface area contributed by atoms with Crippen LogP contribution in [0.1, 0.15) is 26.7 Å². The Bertz CT molecular complexity index is 464. The SMILES string of the molecule is CC(C)N1CC2CC2(C2=CCC(N3CCOCC3)C=C2)C1. The van der Waals surface area contributed by atoms with Gasteiger partial charge in [0.25, 0.3) is 0 Å². The van der Waals surface area contributed by atoms with Gasteiger partial charge in [-0.25, -0.2) is 0 Å². The van der Waals surface area contributed by atoms with Crippen molar-refractivity contribution in [3.63, 3.8) is 0 Å². The van der Waals surface area contributed by atoms with Crippen LogP contribution in [0.5, 0.6) is 0 Å². The highest BCUT2D eigenvalue weighted by molar-refractivity contribution is 5.40. The van der Waals surface area contributed by atoms with Crippen LogP contribution in [0.3, 0.4) is 0 Å². The van der Waals surface area contributed by atoms with Crippen LogP contribution in [-0.4, -0.2) is 61.3 Å². The standard InChI is InChI=1S/C18H28N2O/c1-14(2)20-12-16-11-18(16,13-20)15-3-5-17(6-4-15)19-7-9-21-10-8-19/h3-5,14,16-17H,6-13H2,1-2H3. The second-order valence-electron chi connectivity index (χ2n) is 7.55. The maximum Gasteiger partial charge on any atom is 0.0594 e. The Balaban J connectivity index is 1.41. The van der Waals surface area contributed by atoms with E-state index >= 15 is 0 Å². The molecule has 0 aromatic heterocycles. The van der Waals surface area contributed by atoms with Gasteiger partial charge in [-0.15, -0.1) is 0 Å². The second kappa shape index (κ2) is 5.22. The Morgan fingerprint density at radius 2 is 2.10 bits per heavy atom. The van der Waals surface area contributed by atoms with Gasteiger partial charge in [-0.1, -0.05) is 18.2 Å². The van der Waals surface area contributed by atoms with Crippen molar-refractivity contribution in [1.82, 2.24) is 9.80 Å². The topological polar surface area (TPSA) is 15.7 Å². The lowest BCUT2D eigenvalue weighted by Gasteiger charge is -2.34. The number of nitrogens with zero attached hydrogens (tertiary/aromatic N) is 2. The quantitative estimate of drug-likeness (QED) is 0.792. The summed E-state index contributed by atoms with van der Waals surface area (Å²) < 4.78 is 5.46. The van der Waals surface area contributed by atoms with E-state index in [1.807, 2.05) is 0 Å². The number of piperidine rings is 1. The summed E-state index contributed by atoms with van der Waals surface area (Å²) in [5.41, 5.74) is 2.16. The molecule has 0 bridgehead atoms. The van der Waals surface area contributed by atoms with E-state index in [4.69, 9.17) is 4.74 Å². The number of morpholine rings is 1. The van der Waals surface area contributed by atoms with Crippen LogP contribution in [0.15, 0.2) is 23.8 Å². The molecule has 3 fully saturated rings. The second-order valence-corrected chi connectivity index (χ2v) is 7.55. The molecule has 2 aliphatic heterocycles. The highest BCUT2D eigenvalue weighted by Gasteiger charge is 2.61. The lowest BCUT2D eigenvalue weighted by Crippen LogP contribution is -2.43. The number of likely N-dealkylation sites (tertiary alicyclic amines) is 1. The number of rotatable bonds is 3. The largest absolute Gasteiger partial charge is 0.379 e. The van der Waals surface area contributed by atoms with E-state index in [0.717, 1.165) is 32.2 Å². The maximum absolute atomic E-state index is 5.46. The van der Waals surface area contributed by atoms with E-state index in [0.29, 0.717) is 17.5 Å². The monoisotopic (exact) mass is 288 g/mol. The van der Waals surface area contributed by atoms with Gasteiger partial charge in [0.1, 0.15) is 0 Å². The molecule has 0 amide bonds. The van der Waals surface area contributed by atoms with E-state index in [9.17, 15) is 0 Å². The van der Waals surface area contributed by atoms with Gasteiger partial charge in [0.15, 0.2) is 0 Å². The Kier molecular flexibility index (Phi) is 3.48. The summed E-state index contributed by atoms with van der Waals surface area (Å²) in [6.45, 7) is 11.2. The molecule has 21 heavy (non-hydrogen) atoms. The van der Waals surface area contributed by atoms with Crippen molar-refractivity contribution >= 4 is 0 Å². The number of allylic oxidation sites excluding steroid dienone is 1. The summed E-state index contributed by atoms with van der Waals surface area (Å²) in [5.74, 6) is 0.927. The van der Waals surface area contributed by atoms with Gasteiger partial charge in [-0.05, 0) is 38.2 Å². The Labute approximate surface area is 128 Å². The van der Waals surface area contributed by atoms with Crippen molar-refractivity contribution < 1.29 is 4.74 Å².